The van der Waals surface area contributed by atoms with Crippen LogP contribution in [-0.4, -0.2) is 42.3 Å². The van der Waals surface area contributed by atoms with E-state index < -0.39 is 0 Å². The van der Waals surface area contributed by atoms with Gasteiger partial charge in [0.05, 0.1) is 6.04 Å². The van der Waals surface area contributed by atoms with Crippen molar-refractivity contribution in [3.8, 4) is 11.4 Å². The number of aromatic nitrogens is 5. The molecular weight excluding hydrogens is 360 g/mol. The Bertz CT molecular complexity index is 977. The van der Waals surface area contributed by atoms with Gasteiger partial charge in [-0.2, -0.15) is 0 Å². The van der Waals surface area contributed by atoms with Crippen LogP contribution in [0, 0.1) is 19.8 Å². The van der Waals surface area contributed by atoms with Crippen LogP contribution in [0.3, 0.4) is 0 Å². The molecule has 154 valence electrons. The third-order valence-electron chi connectivity index (χ3n) is 6.40. The first-order chi connectivity index (χ1) is 13.9. The van der Waals surface area contributed by atoms with Crippen LogP contribution in [0.25, 0.3) is 11.4 Å². The van der Waals surface area contributed by atoms with E-state index in [9.17, 15) is 0 Å². The second-order valence-electron chi connectivity index (χ2n) is 8.69. The smallest absolute Gasteiger partial charge is 0.155 e. The van der Waals surface area contributed by atoms with Gasteiger partial charge in [-0.05, 0) is 75.4 Å². The van der Waals surface area contributed by atoms with E-state index >= 15 is 0 Å². The van der Waals surface area contributed by atoms with E-state index in [1.54, 1.807) is 6.33 Å². The summed E-state index contributed by atoms with van der Waals surface area (Å²) in [6, 6.07) is 4.72. The number of rotatable bonds is 5. The number of hydrogen-bond acceptors (Lipinski definition) is 4. The van der Waals surface area contributed by atoms with Crippen LogP contribution in [0.2, 0.25) is 0 Å². The fourth-order valence-corrected chi connectivity index (χ4v) is 4.40. The van der Waals surface area contributed by atoms with Gasteiger partial charge in [0.2, 0.25) is 0 Å². The molecule has 1 aliphatic heterocycles. The van der Waals surface area contributed by atoms with Crippen molar-refractivity contribution < 1.29 is 0 Å². The first-order valence-corrected chi connectivity index (χ1v) is 10.6. The molecule has 4 rings (SSSR count). The van der Waals surface area contributed by atoms with E-state index in [-0.39, 0.29) is 6.04 Å². The van der Waals surface area contributed by atoms with E-state index in [4.69, 9.17) is 4.98 Å². The lowest BCUT2D eigenvalue weighted by Gasteiger charge is -2.31. The van der Waals surface area contributed by atoms with Crippen LogP contribution >= 0.6 is 0 Å². The molecule has 1 aromatic carbocycles. The van der Waals surface area contributed by atoms with Gasteiger partial charge >= 0.3 is 0 Å². The van der Waals surface area contributed by atoms with E-state index in [1.807, 2.05) is 24.0 Å². The van der Waals surface area contributed by atoms with Crippen molar-refractivity contribution in [2.45, 2.75) is 53.1 Å². The maximum atomic E-state index is 4.73. The highest BCUT2D eigenvalue weighted by molar-refractivity contribution is 5.63. The summed E-state index contributed by atoms with van der Waals surface area (Å²) in [7, 11) is 1.98. The zero-order chi connectivity index (χ0) is 20.5. The molecule has 0 N–H and O–H groups in total. The van der Waals surface area contributed by atoms with Gasteiger partial charge in [0.25, 0.3) is 0 Å². The van der Waals surface area contributed by atoms with E-state index in [0.29, 0.717) is 0 Å². The Morgan fingerprint density at radius 2 is 1.90 bits per heavy atom. The monoisotopic (exact) mass is 392 g/mol. The lowest BCUT2D eigenvalue weighted by molar-refractivity contribution is 0.185. The average Bonchev–Trinajstić information content (AvgIpc) is 3.34. The Balaban J connectivity index is 1.66. The van der Waals surface area contributed by atoms with Gasteiger partial charge in [0.1, 0.15) is 12.2 Å². The number of aryl methyl sites for hydroxylation is 3. The van der Waals surface area contributed by atoms with Gasteiger partial charge < -0.3 is 9.13 Å². The van der Waals surface area contributed by atoms with Crippen LogP contribution in [-0.2, 0) is 13.6 Å². The Hall–Kier alpha value is -2.47. The lowest BCUT2D eigenvalue weighted by Crippen LogP contribution is -2.32. The Labute approximate surface area is 173 Å². The molecule has 0 aliphatic carbocycles. The summed E-state index contributed by atoms with van der Waals surface area (Å²) in [6.45, 7) is 12.3. The van der Waals surface area contributed by atoms with Gasteiger partial charge in [-0.3, -0.25) is 4.90 Å². The Morgan fingerprint density at radius 3 is 2.59 bits per heavy atom. The molecule has 6 nitrogen and oxygen atoms in total. The van der Waals surface area contributed by atoms with Crippen LogP contribution < -0.4 is 0 Å². The Kier molecular flexibility index (Phi) is 5.54. The summed E-state index contributed by atoms with van der Waals surface area (Å²) in [5.41, 5.74) is 5.23. The fraction of sp³-hybridized carbons (Fsp3) is 0.522. The predicted molar refractivity (Wildman–Crippen MR) is 116 cm³/mol. The number of piperidine rings is 1. The second-order valence-corrected chi connectivity index (χ2v) is 8.69. The molecule has 29 heavy (non-hydrogen) atoms. The molecule has 3 aromatic rings. The maximum absolute atomic E-state index is 4.73. The molecule has 1 fully saturated rings. The van der Waals surface area contributed by atoms with Crippen LogP contribution in [0.1, 0.15) is 55.2 Å². The summed E-state index contributed by atoms with van der Waals surface area (Å²) < 4.78 is 4.17. The summed E-state index contributed by atoms with van der Waals surface area (Å²) in [5.74, 6) is 2.78. The van der Waals surface area contributed by atoms with Gasteiger partial charge in [-0.25, -0.2) is 4.98 Å². The normalized spacial score (nSPS) is 17.0. The topological polar surface area (TPSA) is 51.8 Å². The molecule has 0 amide bonds. The molecule has 1 atom stereocenters. The standard InChI is InChI=1S/C23H32N6/c1-16-6-9-28(10-7-16)14-20-13-21(18(3)12-17(20)2)23-24-8-11-29(23)19(4)22-26-25-15-27(22)5/h8,11-13,15-16,19H,6-7,9-10,14H2,1-5H3/t19-/m1/s1. The van der Waals surface area contributed by atoms with Crippen molar-refractivity contribution in [1.29, 1.82) is 0 Å². The van der Waals surface area contributed by atoms with Crippen molar-refractivity contribution in [2.24, 2.45) is 13.0 Å². The molecule has 0 spiro atoms. The number of hydrogen-bond donors (Lipinski definition) is 0. The molecule has 1 saturated heterocycles. The van der Waals surface area contributed by atoms with Crippen LogP contribution in [0.15, 0.2) is 30.9 Å². The molecule has 2 aromatic heterocycles. The third kappa shape index (κ3) is 3.99. The second kappa shape index (κ2) is 8.11. The molecule has 6 heteroatoms. The van der Waals surface area contributed by atoms with Gasteiger partial charge in [-0.1, -0.05) is 13.0 Å². The first-order valence-electron chi connectivity index (χ1n) is 10.6. The highest BCUT2D eigenvalue weighted by Crippen LogP contribution is 2.30. The third-order valence-corrected chi connectivity index (χ3v) is 6.40. The zero-order valence-corrected chi connectivity index (χ0v) is 18.3. The summed E-state index contributed by atoms with van der Waals surface area (Å²) >= 11 is 0. The number of imidazole rings is 1. The SMILES string of the molecule is Cc1cc(C)c(-c2nccn2[C@H](C)c2nncn2C)cc1CN1CCC(C)CC1. The average molecular weight is 393 g/mol. The molecule has 0 unspecified atom stereocenters. The van der Waals surface area contributed by atoms with Crippen molar-refractivity contribution in [1.82, 2.24) is 29.2 Å². The van der Waals surface area contributed by atoms with Crippen molar-refractivity contribution >= 4 is 0 Å². The number of nitrogens with zero attached hydrogens (tertiary/aromatic N) is 6. The van der Waals surface area contributed by atoms with E-state index in [2.05, 4.69) is 59.5 Å². The molecular formula is C23H32N6. The summed E-state index contributed by atoms with van der Waals surface area (Å²) in [5, 5.41) is 8.34. The molecule has 0 saturated carbocycles. The minimum atomic E-state index is 0.0627. The van der Waals surface area contributed by atoms with Crippen LogP contribution in [0.4, 0.5) is 0 Å². The summed E-state index contributed by atoms with van der Waals surface area (Å²) in [4.78, 5) is 7.32. The molecule has 0 radical (unpaired) electrons. The number of likely N-dealkylation sites (tertiary alicyclic amines) is 1. The highest BCUT2D eigenvalue weighted by atomic mass is 15.3. The summed E-state index contributed by atoms with van der Waals surface area (Å²) in [6.07, 6.45) is 8.28. The maximum Gasteiger partial charge on any atom is 0.155 e. The minimum Gasteiger partial charge on any atom is -0.321 e. The zero-order valence-electron chi connectivity index (χ0n) is 18.3. The van der Waals surface area contributed by atoms with E-state index in [0.717, 1.165) is 24.1 Å². The predicted octanol–water partition coefficient (Wildman–Crippen LogP) is 4.14. The quantitative estimate of drug-likeness (QED) is 0.655. The molecule has 0 bridgehead atoms. The van der Waals surface area contributed by atoms with Gasteiger partial charge in [-0.15, -0.1) is 10.2 Å². The first kappa shape index (κ1) is 19.8. The van der Waals surface area contributed by atoms with Crippen molar-refractivity contribution in [2.75, 3.05) is 13.1 Å². The Morgan fingerprint density at radius 1 is 1.14 bits per heavy atom. The minimum absolute atomic E-state index is 0.0627. The molecule has 3 heterocycles. The lowest BCUT2D eigenvalue weighted by atomic mass is 9.96. The van der Waals surface area contributed by atoms with Gasteiger partial charge in [0, 0.05) is 31.5 Å². The molecule has 1 aliphatic rings. The van der Waals surface area contributed by atoms with E-state index in [1.165, 1.54) is 48.2 Å². The van der Waals surface area contributed by atoms with Gasteiger partial charge in [0.15, 0.2) is 5.82 Å². The fourth-order valence-electron chi connectivity index (χ4n) is 4.40. The largest absolute Gasteiger partial charge is 0.321 e. The van der Waals surface area contributed by atoms with Crippen molar-refractivity contribution in [3.63, 3.8) is 0 Å². The van der Waals surface area contributed by atoms with Crippen molar-refractivity contribution in [3.05, 3.63) is 53.4 Å². The number of benzene rings is 1. The highest BCUT2D eigenvalue weighted by Gasteiger charge is 2.21. The van der Waals surface area contributed by atoms with Crippen LogP contribution in [0.5, 0.6) is 0 Å².